The lowest BCUT2D eigenvalue weighted by Gasteiger charge is -2.10. The summed E-state index contributed by atoms with van der Waals surface area (Å²) in [6, 6.07) is 12.2. The summed E-state index contributed by atoms with van der Waals surface area (Å²) in [6.45, 7) is 0.701. The number of nitrogens with one attached hydrogen (secondary N) is 1. The Kier molecular flexibility index (Phi) is 3.77. The Labute approximate surface area is 105 Å². The Balaban J connectivity index is 2.50. The van der Waals surface area contributed by atoms with Gasteiger partial charge in [-0.15, -0.1) is 0 Å². The van der Waals surface area contributed by atoms with Crippen molar-refractivity contribution in [3.8, 4) is 11.1 Å². The standard InChI is InChI=1S/C14H13ClFN/c1-17-9-11-7-12(15)5-6-14(11)10-3-2-4-13(16)8-10/h2-8,17H,9H2,1H3. The molecule has 0 aliphatic heterocycles. The summed E-state index contributed by atoms with van der Waals surface area (Å²) in [7, 11) is 1.87. The average molecular weight is 250 g/mol. The number of halogens is 2. The van der Waals surface area contributed by atoms with E-state index in [-0.39, 0.29) is 5.82 Å². The van der Waals surface area contributed by atoms with Gasteiger partial charge in [-0.05, 0) is 48.0 Å². The molecule has 17 heavy (non-hydrogen) atoms. The Hall–Kier alpha value is -1.38. The SMILES string of the molecule is CNCc1cc(Cl)ccc1-c1cccc(F)c1. The van der Waals surface area contributed by atoms with Crippen LogP contribution >= 0.6 is 11.6 Å². The van der Waals surface area contributed by atoms with E-state index in [2.05, 4.69) is 5.32 Å². The molecule has 0 saturated carbocycles. The third-order valence-electron chi connectivity index (χ3n) is 2.57. The normalized spacial score (nSPS) is 10.5. The molecule has 0 aromatic heterocycles. The lowest BCUT2D eigenvalue weighted by atomic mass is 9.99. The van der Waals surface area contributed by atoms with Gasteiger partial charge < -0.3 is 5.32 Å². The second kappa shape index (κ2) is 5.30. The van der Waals surface area contributed by atoms with Crippen LogP contribution in [0.5, 0.6) is 0 Å². The van der Waals surface area contributed by atoms with Crippen LogP contribution in [0.15, 0.2) is 42.5 Å². The Bertz CT molecular complexity index is 525. The number of hydrogen-bond donors (Lipinski definition) is 1. The zero-order chi connectivity index (χ0) is 12.3. The second-order valence-electron chi connectivity index (χ2n) is 3.84. The van der Waals surface area contributed by atoms with Gasteiger partial charge in [0, 0.05) is 11.6 Å². The van der Waals surface area contributed by atoms with Gasteiger partial charge in [0.05, 0.1) is 0 Å². The summed E-state index contributed by atoms with van der Waals surface area (Å²) in [4.78, 5) is 0. The minimum atomic E-state index is -0.229. The van der Waals surface area contributed by atoms with Crippen LogP contribution in [0, 0.1) is 5.82 Å². The van der Waals surface area contributed by atoms with E-state index in [1.54, 1.807) is 6.07 Å². The molecule has 0 heterocycles. The smallest absolute Gasteiger partial charge is 0.123 e. The van der Waals surface area contributed by atoms with Gasteiger partial charge in [0.1, 0.15) is 5.82 Å². The second-order valence-corrected chi connectivity index (χ2v) is 4.28. The Morgan fingerprint density at radius 1 is 1.18 bits per heavy atom. The molecule has 0 amide bonds. The van der Waals surface area contributed by atoms with E-state index in [4.69, 9.17) is 11.6 Å². The van der Waals surface area contributed by atoms with Gasteiger partial charge in [-0.3, -0.25) is 0 Å². The lowest BCUT2D eigenvalue weighted by Crippen LogP contribution is -2.06. The quantitative estimate of drug-likeness (QED) is 0.871. The van der Waals surface area contributed by atoms with E-state index in [0.29, 0.717) is 11.6 Å². The van der Waals surface area contributed by atoms with Gasteiger partial charge in [0.25, 0.3) is 0 Å². The molecule has 1 N–H and O–H groups in total. The van der Waals surface area contributed by atoms with Crippen LogP contribution < -0.4 is 5.32 Å². The lowest BCUT2D eigenvalue weighted by molar-refractivity contribution is 0.628. The molecule has 1 nitrogen and oxygen atoms in total. The summed E-state index contributed by atoms with van der Waals surface area (Å²) in [5.74, 6) is -0.229. The predicted molar refractivity (Wildman–Crippen MR) is 69.6 cm³/mol. The van der Waals surface area contributed by atoms with Crippen molar-refractivity contribution in [2.24, 2.45) is 0 Å². The molecule has 0 bridgehead atoms. The summed E-state index contributed by atoms with van der Waals surface area (Å²) in [6.07, 6.45) is 0. The number of benzene rings is 2. The van der Waals surface area contributed by atoms with Crippen molar-refractivity contribution in [1.82, 2.24) is 5.32 Å². The van der Waals surface area contributed by atoms with Gasteiger partial charge in [-0.25, -0.2) is 4.39 Å². The van der Waals surface area contributed by atoms with Crippen molar-refractivity contribution in [3.05, 3.63) is 58.9 Å². The predicted octanol–water partition coefficient (Wildman–Crippen LogP) is 3.87. The first-order valence-electron chi connectivity index (χ1n) is 5.39. The van der Waals surface area contributed by atoms with Crippen LogP contribution in [-0.2, 0) is 6.54 Å². The van der Waals surface area contributed by atoms with Crippen LogP contribution in [0.25, 0.3) is 11.1 Å². The van der Waals surface area contributed by atoms with Crippen LogP contribution in [0.4, 0.5) is 4.39 Å². The van der Waals surface area contributed by atoms with Gasteiger partial charge in [0.2, 0.25) is 0 Å². The molecule has 0 spiro atoms. The van der Waals surface area contributed by atoms with Gasteiger partial charge in [-0.2, -0.15) is 0 Å². The molecule has 3 heteroatoms. The van der Waals surface area contributed by atoms with E-state index >= 15 is 0 Å². The van der Waals surface area contributed by atoms with E-state index in [1.807, 2.05) is 31.3 Å². The summed E-state index contributed by atoms with van der Waals surface area (Å²) in [5.41, 5.74) is 2.93. The first-order valence-corrected chi connectivity index (χ1v) is 5.77. The molecule has 0 radical (unpaired) electrons. The zero-order valence-electron chi connectivity index (χ0n) is 9.50. The monoisotopic (exact) mass is 249 g/mol. The average Bonchev–Trinajstić information content (AvgIpc) is 2.29. The van der Waals surface area contributed by atoms with Crippen LogP contribution in [-0.4, -0.2) is 7.05 Å². The molecular weight excluding hydrogens is 237 g/mol. The highest BCUT2D eigenvalue weighted by molar-refractivity contribution is 6.30. The van der Waals surface area contributed by atoms with Gasteiger partial charge >= 0.3 is 0 Å². The van der Waals surface area contributed by atoms with E-state index in [9.17, 15) is 4.39 Å². The highest BCUT2D eigenvalue weighted by atomic mass is 35.5. The fraction of sp³-hybridized carbons (Fsp3) is 0.143. The van der Waals surface area contributed by atoms with Crippen molar-refractivity contribution in [2.75, 3.05) is 7.05 Å². The maximum Gasteiger partial charge on any atom is 0.123 e. The third-order valence-corrected chi connectivity index (χ3v) is 2.81. The fourth-order valence-electron chi connectivity index (χ4n) is 1.84. The van der Waals surface area contributed by atoms with Gasteiger partial charge in [0.15, 0.2) is 0 Å². The van der Waals surface area contributed by atoms with Crippen molar-refractivity contribution in [3.63, 3.8) is 0 Å². The van der Waals surface area contributed by atoms with E-state index < -0.39 is 0 Å². The third kappa shape index (κ3) is 2.84. The van der Waals surface area contributed by atoms with Crippen molar-refractivity contribution in [1.29, 1.82) is 0 Å². The topological polar surface area (TPSA) is 12.0 Å². The Morgan fingerprint density at radius 3 is 2.71 bits per heavy atom. The summed E-state index contributed by atoms with van der Waals surface area (Å²) in [5, 5.41) is 3.77. The zero-order valence-corrected chi connectivity index (χ0v) is 10.3. The van der Waals surface area contributed by atoms with Gasteiger partial charge in [-0.1, -0.05) is 29.8 Å². The minimum Gasteiger partial charge on any atom is -0.316 e. The first-order chi connectivity index (χ1) is 8.20. The highest BCUT2D eigenvalue weighted by Gasteiger charge is 2.06. The number of rotatable bonds is 3. The van der Waals surface area contributed by atoms with Crippen LogP contribution in [0.1, 0.15) is 5.56 Å². The Morgan fingerprint density at radius 2 is 2.00 bits per heavy atom. The molecule has 0 atom stereocenters. The molecule has 0 saturated heterocycles. The van der Waals surface area contributed by atoms with Crippen molar-refractivity contribution in [2.45, 2.75) is 6.54 Å². The maximum absolute atomic E-state index is 13.2. The van der Waals surface area contributed by atoms with E-state index in [1.165, 1.54) is 12.1 Å². The molecule has 2 rings (SSSR count). The summed E-state index contributed by atoms with van der Waals surface area (Å²) >= 11 is 5.97. The molecule has 88 valence electrons. The molecule has 0 unspecified atom stereocenters. The molecule has 0 aliphatic carbocycles. The van der Waals surface area contributed by atoms with Crippen molar-refractivity contribution < 1.29 is 4.39 Å². The minimum absolute atomic E-state index is 0.229. The molecule has 0 aliphatic rings. The fourth-order valence-corrected chi connectivity index (χ4v) is 2.03. The van der Waals surface area contributed by atoms with Crippen LogP contribution in [0.2, 0.25) is 5.02 Å². The van der Waals surface area contributed by atoms with E-state index in [0.717, 1.165) is 16.7 Å². The van der Waals surface area contributed by atoms with Crippen LogP contribution in [0.3, 0.4) is 0 Å². The maximum atomic E-state index is 13.2. The molecular formula is C14H13ClFN. The summed E-state index contributed by atoms with van der Waals surface area (Å²) < 4.78 is 13.2. The van der Waals surface area contributed by atoms with Crippen molar-refractivity contribution >= 4 is 11.6 Å². The molecule has 2 aromatic carbocycles. The highest BCUT2D eigenvalue weighted by Crippen LogP contribution is 2.26. The largest absolute Gasteiger partial charge is 0.316 e. The number of hydrogen-bond acceptors (Lipinski definition) is 1. The molecule has 0 fully saturated rings. The first kappa shape index (κ1) is 12.1. The molecule has 2 aromatic rings.